The van der Waals surface area contributed by atoms with Crippen LogP contribution < -0.4 is 10.6 Å². The van der Waals surface area contributed by atoms with Gasteiger partial charge in [0.15, 0.2) is 11.8 Å². The van der Waals surface area contributed by atoms with E-state index in [1.807, 2.05) is 48.1 Å². The van der Waals surface area contributed by atoms with Crippen LogP contribution in [0.3, 0.4) is 0 Å². The lowest BCUT2D eigenvalue weighted by Crippen LogP contribution is -2.40. The molecule has 0 saturated carbocycles. The molecule has 0 bridgehead atoms. The molecule has 3 rings (SSSR count). The van der Waals surface area contributed by atoms with E-state index in [0.29, 0.717) is 19.0 Å². The van der Waals surface area contributed by atoms with Crippen molar-refractivity contribution in [3.63, 3.8) is 0 Å². The Morgan fingerprint density at radius 2 is 1.93 bits per heavy atom. The highest BCUT2D eigenvalue weighted by Gasteiger charge is 2.09. The number of aromatic nitrogens is 3. The fourth-order valence-electron chi connectivity index (χ4n) is 2.81. The van der Waals surface area contributed by atoms with Crippen molar-refractivity contribution in [2.45, 2.75) is 33.4 Å². The average Bonchev–Trinajstić information content (AvgIpc) is 3.33. The summed E-state index contributed by atoms with van der Waals surface area (Å²) in [5.41, 5.74) is 1.18. The largest absolute Gasteiger partial charge is 0.356 e. The number of halogens is 1. The molecule has 0 spiro atoms. The van der Waals surface area contributed by atoms with E-state index < -0.39 is 0 Å². The van der Waals surface area contributed by atoms with Crippen molar-refractivity contribution in [1.82, 2.24) is 25.4 Å². The summed E-state index contributed by atoms with van der Waals surface area (Å²) < 4.78 is 1.99. The van der Waals surface area contributed by atoms with E-state index in [9.17, 15) is 0 Å². The predicted octanol–water partition coefficient (Wildman–Crippen LogP) is 3.92. The van der Waals surface area contributed by atoms with Crippen molar-refractivity contribution in [2.75, 3.05) is 6.54 Å². The van der Waals surface area contributed by atoms with E-state index in [0.717, 1.165) is 30.6 Å². The van der Waals surface area contributed by atoms with Gasteiger partial charge in [0.05, 0.1) is 13.1 Å². The topological polar surface area (TPSA) is 67.1 Å². The van der Waals surface area contributed by atoms with Gasteiger partial charge in [0, 0.05) is 18.5 Å². The average molecular weight is 524 g/mol. The van der Waals surface area contributed by atoms with Gasteiger partial charge < -0.3 is 15.2 Å². The van der Waals surface area contributed by atoms with Gasteiger partial charge in [-0.2, -0.15) is 0 Å². The molecule has 0 amide bonds. The third-order valence-corrected chi connectivity index (χ3v) is 5.51. The number of hydrogen-bond donors (Lipinski definition) is 2. The van der Waals surface area contributed by atoms with Crippen molar-refractivity contribution in [3.05, 3.63) is 69.9 Å². The van der Waals surface area contributed by atoms with Crippen molar-refractivity contribution in [2.24, 2.45) is 18.0 Å². The fraction of sp³-hybridized carbons (Fsp3) is 0.381. The zero-order chi connectivity index (χ0) is 19.8. The zero-order valence-corrected chi connectivity index (χ0v) is 20.3. The first-order valence-electron chi connectivity index (χ1n) is 9.55. The molecule has 1 atom stereocenters. The molecule has 29 heavy (non-hydrogen) atoms. The van der Waals surface area contributed by atoms with Crippen LogP contribution >= 0.6 is 35.3 Å². The van der Waals surface area contributed by atoms with Gasteiger partial charge in [-0.15, -0.1) is 45.5 Å². The quantitative estimate of drug-likeness (QED) is 0.267. The zero-order valence-electron chi connectivity index (χ0n) is 17.1. The summed E-state index contributed by atoms with van der Waals surface area (Å²) in [7, 11) is 1.98. The van der Waals surface area contributed by atoms with E-state index in [1.54, 1.807) is 0 Å². The summed E-state index contributed by atoms with van der Waals surface area (Å²) >= 11 is 1.81. The third-order valence-electron chi connectivity index (χ3n) is 4.61. The molecule has 0 aliphatic carbocycles. The number of nitrogens with zero attached hydrogens (tertiary/aromatic N) is 4. The normalized spacial score (nSPS) is 12.3. The lowest BCUT2D eigenvalue weighted by atomic mass is 10.1. The molecule has 1 aromatic carbocycles. The number of hydrogen-bond acceptors (Lipinski definition) is 4. The van der Waals surface area contributed by atoms with Gasteiger partial charge in [-0.25, -0.2) is 4.99 Å². The van der Waals surface area contributed by atoms with Gasteiger partial charge in [-0.05, 0) is 36.3 Å². The molecule has 0 aliphatic heterocycles. The molecular formula is C21H29IN6S. The summed E-state index contributed by atoms with van der Waals surface area (Å²) in [5, 5.41) is 17.3. The molecule has 2 N–H and O–H groups in total. The lowest BCUT2D eigenvalue weighted by Gasteiger charge is -2.16. The van der Waals surface area contributed by atoms with Crippen LogP contribution in [0.4, 0.5) is 0 Å². The van der Waals surface area contributed by atoms with E-state index in [1.165, 1.54) is 10.4 Å². The minimum absolute atomic E-state index is 0. The molecule has 0 fully saturated rings. The summed E-state index contributed by atoms with van der Waals surface area (Å²) in [5.74, 6) is 3.09. The van der Waals surface area contributed by atoms with Gasteiger partial charge in [0.2, 0.25) is 0 Å². The Morgan fingerprint density at radius 3 is 2.59 bits per heavy atom. The van der Waals surface area contributed by atoms with Gasteiger partial charge in [-0.1, -0.05) is 43.3 Å². The van der Waals surface area contributed by atoms with Crippen molar-refractivity contribution in [3.8, 4) is 0 Å². The molecule has 2 heterocycles. The molecule has 156 valence electrons. The van der Waals surface area contributed by atoms with Crippen LogP contribution in [0.25, 0.3) is 0 Å². The van der Waals surface area contributed by atoms with Gasteiger partial charge in [-0.3, -0.25) is 0 Å². The highest BCUT2D eigenvalue weighted by Crippen LogP contribution is 2.13. The third kappa shape index (κ3) is 7.43. The predicted molar refractivity (Wildman–Crippen MR) is 131 cm³/mol. The van der Waals surface area contributed by atoms with Crippen LogP contribution in [0.2, 0.25) is 0 Å². The van der Waals surface area contributed by atoms with Crippen molar-refractivity contribution < 1.29 is 0 Å². The second-order valence-electron chi connectivity index (χ2n) is 7.00. The second kappa shape index (κ2) is 11.9. The van der Waals surface area contributed by atoms with Gasteiger partial charge >= 0.3 is 0 Å². The molecular weight excluding hydrogens is 495 g/mol. The van der Waals surface area contributed by atoms with Crippen LogP contribution in [0.15, 0.2) is 52.8 Å². The summed E-state index contributed by atoms with van der Waals surface area (Å²) in [4.78, 5) is 6.17. The summed E-state index contributed by atoms with van der Waals surface area (Å²) in [6.45, 7) is 6.28. The van der Waals surface area contributed by atoms with E-state index in [-0.39, 0.29) is 24.0 Å². The molecule has 0 radical (unpaired) electrons. The maximum atomic E-state index is 4.75. The summed E-state index contributed by atoms with van der Waals surface area (Å²) in [6.07, 6.45) is 1.07. The Morgan fingerprint density at radius 1 is 1.14 bits per heavy atom. The smallest absolute Gasteiger partial charge is 0.191 e. The Hall–Kier alpha value is -1.94. The fourth-order valence-corrected chi connectivity index (χ4v) is 3.68. The second-order valence-corrected chi connectivity index (χ2v) is 8.03. The number of nitrogens with one attached hydrogen (secondary N) is 2. The maximum Gasteiger partial charge on any atom is 0.191 e. The Bertz CT molecular complexity index is 876. The van der Waals surface area contributed by atoms with Crippen LogP contribution in [0, 0.1) is 12.8 Å². The first-order chi connectivity index (χ1) is 13.6. The van der Waals surface area contributed by atoms with Crippen LogP contribution in [0.1, 0.15) is 29.0 Å². The SMILES string of the molecule is Cc1nnc(CNC(=NCc2ccccc2)NCC(C)Cc2cccs2)n1C.I. The number of aliphatic imine (C=N–C) groups is 1. The number of thiophene rings is 1. The number of benzene rings is 1. The van der Waals surface area contributed by atoms with Crippen molar-refractivity contribution >= 4 is 41.3 Å². The monoisotopic (exact) mass is 524 g/mol. The minimum Gasteiger partial charge on any atom is -0.356 e. The molecule has 0 saturated heterocycles. The number of rotatable bonds is 8. The first-order valence-corrected chi connectivity index (χ1v) is 10.4. The van der Waals surface area contributed by atoms with Gasteiger partial charge in [0.25, 0.3) is 0 Å². The lowest BCUT2D eigenvalue weighted by molar-refractivity contribution is 0.560. The Labute approximate surface area is 193 Å². The molecule has 8 heteroatoms. The van der Waals surface area contributed by atoms with Crippen LogP contribution in [0.5, 0.6) is 0 Å². The minimum atomic E-state index is 0. The van der Waals surface area contributed by atoms with Gasteiger partial charge in [0.1, 0.15) is 5.82 Å². The molecule has 6 nitrogen and oxygen atoms in total. The van der Waals surface area contributed by atoms with E-state index in [2.05, 4.69) is 57.4 Å². The van der Waals surface area contributed by atoms with Crippen LogP contribution in [-0.4, -0.2) is 27.3 Å². The highest BCUT2D eigenvalue weighted by atomic mass is 127. The number of guanidine groups is 1. The van der Waals surface area contributed by atoms with E-state index in [4.69, 9.17) is 4.99 Å². The summed E-state index contributed by atoms with van der Waals surface area (Å²) in [6, 6.07) is 14.6. The van der Waals surface area contributed by atoms with E-state index >= 15 is 0 Å². The Balaban J connectivity index is 0.00000300. The first kappa shape index (κ1) is 23.3. The maximum absolute atomic E-state index is 4.75. The molecule has 2 aromatic heterocycles. The standard InChI is InChI=1S/C21H28N6S.HI/c1-16(12-19-10-7-11-28-19)13-22-21(23-14-18-8-5-4-6-9-18)24-15-20-26-25-17(2)27(20)3;/h4-11,16H,12-15H2,1-3H3,(H2,22,23,24);1H. The molecule has 1 unspecified atom stereocenters. The van der Waals surface area contributed by atoms with Crippen LogP contribution in [-0.2, 0) is 26.6 Å². The molecule has 0 aliphatic rings. The highest BCUT2D eigenvalue weighted by molar-refractivity contribution is 14.0. The number of aryl methyl sites for hydroxylation is 1. The van der Waals surface area contributed by atoms with Crippen molar-refractivity contribution in [1.29, 1.82) is 0 Å². The molecule has 3 aromatic rings. The Kier molecular flexibility index (Phi) is 9.59.